The average Bonchev–Trinajstić information content (AvgIpc) is 2.64. The smallest absolute Gasteiger partial charge is 0.102 e. The van der Waals surface area contributed by atoms with Crippen molar-refractivity contribution in [1.29, 1.82) is 0 Å². The molecule has 17 heavy (non-hydrogen) atoms. The largest absolute Gasteiger partial charge is 0.311 e. The molecular weight excluding hydrogens is 210 g/mol. The summed E-state index contributed by atoms with van der Waals surface area (Å²) in [4.78, 5) is 0. The summed E-state index contributed by atoms with van der Waals surface area (Å²) >= 11 is 0. The van der Waals surface area contributed by atoms with E-state index in [-0.39, 0.29) is 5.41 Å². The maximum atomic E-state index is 4.29. The maximum Gasteiger partial charge on any atom is 0.102 e. The molecule has 1 heterocycles. The molecule has 0 spiro atoms. The van der Waals surface area contributed by atoms with Gasteiger partial charge in [-0.3, -0.25) is 4.68 Å². The van der Waals surface area contributed by atoms with Crippen LogP contribution in [0.5, 0.6) is 0 Å². The van der Waals surface area contributed by atoms with Gasteiger partial charge in [-0.2, -0.15) is 5.10 Å². The molecule has 1 N–H and O–H groups in total. The molecule has 1 aromatic heterocycles. The van der Waals surface area contributed by atoms with Crippen molar-refractivity contribution in [3.8, 4) is 11.8 Å². The van der Waals surface area contributed by atoms with Gasteiger partial charge >= 0.3 is 0 Å². The van der Waals surface area contributed by atoms with Crippen LogP contribution in [-0.2, 0) is 13.1 Å². The zero-order chi connectivity index (χ0) is 12.7. The topological polar surface area (TPSA) is 29.9 Å². The van der Waals surface area contributed by atoms with Crippen LogP contribution >= 0.6 is 0 Å². The van der Waals surface area contributed by atoms with Crippen LogP contribution < -0.4 is 5.32 Å². The van der Waals surface area contributed by atoms with Crippen LogP contribution in [-0.4, -0.2) is 16.3 Å². The molecule has 0 amide bonds. The van der Waals surface area contributed by atoms with Crippen molar-refractivity contribution in [1.82, 2.24) is 15.1 Å². The number of nitrogens with one attached hydrogen (secondary N) is 1. The summed E-state index contributed by atoms with van der Waals surface area (Å²) in [5.74, 6) is 6.40. The lowest BCUT2D eigenvalue weighted by Crippen LogP contribution is -2.17. The Hall–Kier alpha value is -1.27. The van der Waals surface area contributed by atoms with Gasteiger partial charge in [0.1, 0.15) is 6.54 Å². The lowest BCUT2D eigenvalue weighted by atomic mass is 9.98. The molecule has 0 saturated heterocycles. The normalized spacial score (nSPS) is 11.1. The molecule has 0 fully saturated rings. The van der Waals surface area contributed by atoms with Crippen molar-refractivity contribution >= 4 is 0 Å². The van der Waals surface area contributed by atoms with E-state index in [0.717, 1.165) is 19.5 Å². The second-order valence-corrected chi connectivity index (χ2v) is 5.21. The van der Waals surface area contributed by atoms with Crippen molar-refractivity contribution in [2.24, 2.45) is 5.41 Å². The van der Waals surface area contributed by atoms with Gasteiger partial charge in [-0.15, -0.1) is 0 Å². The molecule has 0 aromatic carbocycles. The number of hydrogen-bond donors (Lipinski definition) is 1. The van der Waals surface area contributed by atoms with E-state index in [4.69, 9.17) is 0 Å². The first-order valence-electron chi connectivity index (χ1n) is 6.24. The van der Waals surface area contributed by atoms with Gasteiger partial charge in [-0.1, -0.05) is 18.8 Å². The predicted molar refractivity (Wildman–Crippen MR) is 71.5 cm³/mol. The van der Waals surface area contributed by atoms with Crippen LogP contribution in [0.1, 0.15) is 39.8 Å². The molecule has 0 atom stereocenters. The van der Waals surface area contributed by atoms with Crippen LogP contribution in [0, 0.1) is 17.3 Å². The molecule has 3 heteroatoms. The van der Waals surface area contributed by atoms with E-state index in [1.165, 1.54) is 5.69 Å². The van der Waals surface area contributed by atoms with Gasteiger partial charge in [0.2, 0.25) is 0 Å². The summed E-state index contributed by atoms with van der Waals surface area (Å²) in [5, 5.41) is 7.66. The van der Waals surface area contributed by atoms with Crippen LogP contribution in [0.3, 0.4) is 0 Å². The maximum absolute atomic E-state index is 4.29. The zero-order valence-corrected chi connectivity index (χ0v) is 11.4. The molecule has 3 nitrogen and oxygen atoms in total. The Morgan fingerprint density at radius 3 is 2.82 bits per heavy atom. The van der Waals surface area contributed by atoms with Gasteiger partial charge in [0.15, 0.2) is 0 Å². The zero-order valence-electron chi connectivity index (χ0n) is 11.4. The van der Waals surface area contributed by atoms with Gasteiger partial charge in [-0.25, -0.2) is 0 Å². The Morgan fingerprint density at radius 1 is 1.41 bits per heavy atom. The van der Waals surface area contributed by atoms with Crippen molar-refractivity contribution in [2.45, 2.75) is 47.2 Å². The Labute approximate surface area is 105 Å². The van der Waals surface area contributed by atoms with Crippen molar-refractivity contribution in [3.63, 3.8) is 0 Å². The lowest BCUT2D eigenvalue weighted by molar-refractivity contribution is 0.566. The Bertz CT molecular complexity index is 388. The lowest BCUT2D eigenvalue weighted by Gasteiger charge is -2.08. The number of rotatable bonds is 5. The fourth-order valence-corrected chi connectivity index (χ4v) is 1.43. The second-order valence-electron chi connectivity index (χ2n) is 5.21. The molecule has 0 bridgehead atoms. The molecular formula is C14H23N3. The minimum Gasteiger partial charge on any atom is -0.311 e. The second kappa shape index (κ2) is 6.46. The minimum absolute atomic E-state index is 0.0633. The van der Waals surface area contributed by atoms with E-state index >= 15 is 0 Å². The average molecular weight is 233 g/mol. The first-order valence-corrected chi connectivity index (χ1v) is 6.24. The van der Waals surface area contributed by atoms with Crippen molar-refractivity contribution in [2.75, 3.05) is 6.54 Å². The predicted octanol–water partition coefficient (Wildman–Crippen LogP) is 2.43. The Balaban J connectivity index is 2.53. The molecule has 0 aliphatic rings. The number of aromatic nitrogens is 2. The molecule has 0 saturated carbocycles. The summed E-state index contributed by atoms with van der Waals surface area (Å²) < 4.78 is 1.96. The number of nitrogens with zero attached hydrogens (tertiary/aromatic N) is 2. The van der Waals surface area contributed by atoms with Gasteiger partial charge in [0, 0.05) is 18.2 Å². The molecule has 0 aliphatic carbocycles. The fourth-order valence-electron chi connectivity index (χ4n) is 1.43. The third kappa shape index (κ3) is 5.55. The molecule has 0 aliphatic heterocycles. The SMILES string of the molecule is CCCNCc1ccnn1CC#CC(C)(C)C. The molecule has 1 aromatic rings. The van der Waals surface area contributed by atoms with Crippen molar-refractivity contribution in [3.05, 3.63) is 18.0 Å². The summed E-state index contributed by atoms with van der Waals surface area (Å²) in [6, 6.07) is 2.04. The monoisotopic (exact) mass is 233 g/mol. The fraction of sp³-hybridized carbons (Fsp3) is 0.643. The van der Waals surface area contributed by atoms with E-state index in [1.54, 1.807) is 0 Å². The summed E-state index contributed by atoms with van der Waals surface area (Å²) in [7, 11) is 0. The summed E-state index contributed by atoms with van der Waals surface area (Å²) in [6.45, 7) is 11.1. The van der Waals surface area contributed by atoms with E-state index in [9.17, 15) is 0 Å². The van der Waals surface area contributed by atoms with Crippen LogP contribution in [0.2, 0.25) is 0 Å². The molecule has 1 rings (SSSR count). The molecule has 0 unspecified atom stereocenters. The minimum atomic E-state index is 0.0633. The Kier molecular flexibility index (Phi) is 5.24. The third-order valence-corrected chi connectivity index (χ3v) is 2.23. The third-order valence-electron chi connectivity index (χ3n) is 2.23. The molecule has 0 radical (unpaired) electrons. The quantitative estimate of drug-likeness (QED) is 0.625. The van der Waals surface area contributed by atoms with E-state index in [1.807, 2.05) is 16.9 Å². The highest BCUT2D eigenvalue weighted by Gasteiger charge is 2.04. The standard InChI is InChI=1S/C14H23N3/c1-5-9-15-12-13-7-10-16-17(13)11-6-8-14(2,3)4/h7,10,15H,5,9,11-12H2,1-4H3. The highest BCUT2D eigenvalue weighted by molar-refractivity contribution is 5.09. The molecule has 94 valence electrons. The first-order chi connectivity index (χ1) is 8.03. The van der Waals surface area contributed by atoms with Crippen molar-refractivity contribution < 1.29 is 0 Å². The van der Waals surface area contributed by atoms with E-state index in [2.05, 4.69) is 50.0 Å². The van der Waals surface area contributed by atoms with E-state index < -0.39 is 0 Å². The summed E-state index contributed by atoms with van der Waals surface area (Å²) in [5.41, 5.74) is 1.26. The van der Waals surface area contributed by atoms with Gasteiger partial charge in [0.25, 0.3) is 0 Å². The van der Waals surface area contributed by atoms with E-state index in [0.29, 0.717) is 6.54 Å². The van der Waals surface area contributed by atoms with Crippen LogP contribution in [0.4, 0.5) is 0 Å². The van der Waals surface area contributed by atoms with Gasteiger partial charge in [-0.05, 0) is 39.8 Å². The van der Waals surface area contributed by atoms with Gasteiger partial charge in [0.05, 0.1) is 5.69 Å². The summed E-state index contributed by atoms with van der Waals surface area (Å²) in [6.07, 6.45) is 2.99. The van der Waals surface area contributed by atoms with Crippen LogP contribution in [0.25, 0.3) is 0 Å². The highest BCUT2D eigenvalue weighted by atomic mass is 15.3. The van der Waals surface area contributed by atoms with Gasteiger partial charge < -0.3 is 5.32 Å². The Morgan fingerprint density at radius 2 is 2.18 bits per heavy atom. The number of hydrogen-bond acceptors (Lipinski definition) is 2. The highest BCUT2D eigenvalue weighted by Crippen LogP contribution is 2.09. The van der Waals surface area contributed by atoms with Crippen LogP contribution in [0.15, 0.2) is 12.3 Å². The first kappa shape index (κ1) is 13.8.